The molecule has 0 unspecified atom stereocenters. The Morgan fingerprint density at radius 3 is 2.57 bits per heavy atom. The quantitative estimate of drug-likeness (QED) is 0.813. The van der Waals surface area contributed by atoms with Crippen LogP contribution in [0, 0.1) is 6.92 Å². The molecule has 21 heavy (non-hydrogen) atoms. The Morgan fingerprint density at radius 2 is 1.95 bits per heavy atom. The maximum absolute atomic E-state index is 12.1. The van der Waals surface area contributed by atoms with Crippen LogP contribution in [0.25, 0.3) is 0 Å². The molecule has 1 amide bonds. The molecule has 0 aliphatic rings. The van der Waals surface area contributed by atoms with Crippen LogP contribution in [-0.2, 0) is 11.2 Å². The number of hydrogen-bond donors (Lipinski definition) is 3. The van der Waals surface area contributed by atoms with Crippen LogP contribution in [0.3, 0.4) is 0 Å². The van der Waals surface area contributed by atoms with Crippen molar-refractivity contribution in [2.24, 2.45) is 5.73 Å². The summed E-state index contributed by atoms with van der Waals surface area (Å²) >= 11 is 6.07. The third-order valence-electron chi connectivity index (χ3n) is 3.20. The minimum absolute atomic E-state index is 0.184. The predicted molar refractivity (Wildman–Crippen MR) is 84.6 cm³/mol. The fraction of sp³-hybridized carbons (Fsp3) is 0.188. The number of amides is 1. The van der Waals surface area contributed by atoms with Crippen molar-refractivity contribution in [1.82, 2.24) is 0 Å². The SMILES string of the molecule is Cc1cccc(Cl)c1NC(=O)[C@H](N)Cc1ccc(O)cc1. The maximum Gasteiger partial charge on any atom is 0.241 e. The summed E-state index contributed by atoms with van der Waals surface area (Å²) in [7, 11) is 0. The molecule has 0 heterocycles. The van der Waals surface area contributed by atoms with Crippen molar-refractivity contribution < 1.29 is 9.90 Å². The second-order valence-electron chi connectivity index (χ2n) is 4.90. The lowest BCUT2D eigenvalue weighted by atomic mass is 10.1. The Labute approximate surface area is 128 Å². The van der Waals surface area contributed by atoms with Gasteiger partial charge in [-0.05, 0) is 42.7 Å². The molecule has 2 rings (SSSR count). The van der Waals surface area contributed by atoms with E-state index in [4.69, 9.17) is 17.3 Å². The lowest BCUT2D eigenvalue weighted by Gasteiger charge is -2.15. The number of nitrogens with two attached hydrogens (primary N) is 1. The molecule has 0 spiro atoms. The fourth-order valence-corrected chi connectivity index (χ4v) is 2.25. The number of anilines is 1. The van der Waals surface area contributed by atoms with Gasteiger partial charge in [-0.25, -0.2) is 0 Å². The van der Waals surface area contributed by atoms with E-state index in [0.717, 1.165) is 11.1 Å². The molecule has 1 atom stereocenters. The molecule has 0 aromatic heterocycles. The van der Waals surface area contributed by atoms with Crippen LogP contribution in [0.5, 0.6) is 5.75 Å². The predicted octanol–water partition coefficient (Wildman–Crippen LogP) is 2.86. The average Bonchev–Trinajstić information content (AvgIpc) is 2.45. The summed E-state index contributed by atoms with van der Waals surface area (Å²) in [5, 5.41) is 12.5. The first-order valence-electron chi connectivity index (χ1n) is 6.57. The number of halogens is 1. The number of carbonyl (C=O) groups excluding carboxylic acids is 1. The molecule has 110 valence electrons. The van der Waals surface area contributed by atoms with Crippen molar-refractivity contribution in [3.8, 4) is 5.75 Å². The summed E-state index contributed by atoms with van der Waals surface area (Å²) in [6, 6.07) is 11.3. The summed E-state index contributed by atoms with van der Waals surface area (Å²) in [4.78, 5) is 12.1. The van der Waals surface area contributed by atoms with E-state index in [9.17, 15) is 9.90 Å². The van der Waals surface area contributed by atoms with E-state index in [1.54, 1.807) is 30.3 Å². The maximum atomic E-state index is 12.1. The Bertz CT molecular complexity index is 621. The molecule has 0 fully saturated rings. The van der Waals surface area contributed by atoms with Crippen LogP contribution >= 0.6 is 11.6 Å². The largest absolute Gasteiger partial charge is 0.508 e. The minimum atomic E-state index is -0.690. The van der Waals surface area contributed by atoms with E-state index in [2.05, 4.69) is 5.32 Å². The van der Waals surface area contributed by atoms with Crippen molar-refractivity contribution >= 4 is 23.2 Å². The van der Waals surface area contributed by atoms with Crippen LogP contribution < -0.4 is 11.1 Å². The van der Waals surface area contributed by atoms with E-state index < -0.39 is 6.04 Å². The second kappa shape index (κ2) is 6.61. The average molecular weight is 305 g/mol. The van der Waals surface area contributed by atoms with Gasteiger partial charge < -0.3 is 16.2 Å². The number of benzene rings is 2. The molecule has 2 aromatic carbocycles. The summed E-state index contributed by atoms with van der Waals surface area (Å²) in [5.41, 5.74) is 8.27. The smallest absolute Gasteiger partial charge is 0.241 e. The molecule has 0 saturated heterocycles. The van der Waals surface area contributed by atoms with E-state index in [1.807, 2.05) is 19.1 Å². The van der Waals surface area contributed by atoms with Gasteiger partial charge in [0, 0.05) is 0 Å². The fourth-order valence-electron chi connectivity index (χ4n) is 1.98. The zero-order chi connectivity index (χ0) is 15.4. The number of aryl methyl sites for hydroxylation is 1. The number of phenolic OH excluding ortho intramolecular Hbond substituents is 1. The molecular formula is C16H17ClN2O2. The van der Waals surface area contributed by atoms with Gasteiger partial charge in [-0.15, -0.1) is 0 Å². The number of para-hydroxylation sites is 1. The van der Waals surface area contributed by atoms with Crippen LogP contribution in [-0.4, -0.2) is 17.1 Å². The first-order valence-corrected chi connectivity index (χ1v) is 6.94. The Balaban J connectivity index is 2.04. The monoisotopic (exact) mass is 304 g/mol. The molecule has 4 N–H and O–H groups in total. The van der Waals surface area contributed by atoms with Crippen LogP contribution in [0.15, 0.2) is 42.5 Å². The van der Waals surface area contributed by atoms with Gasteiger partial charge in [-0.1, -0.05) is 35.9 Å². The van der Waals surface area contributed by atoms with Gasteiger partial charge in [0.1, 0.15) is 5.75 Å². The van der Waals surface area contributed by atoms with Crippen molar-refractivity contribution in [1.29, 1.82) is 0 Å². The van der Waals surface area contributed by atoms with Crippen molar-refractivity contribution in [3.63, 3.8) is 0 Å². The van der Waals surface area contributed by atoms with Crippen molar-refractivity contribution in [3.05, 3.63) is 58.6 Å². The van der Waals surface area contributed by atoms with Crippen LogP contribution in [0.4, 0.5) is 5.69 Å². The summed E-state index contributed by atoms with van der Waals surface area (Å²) in [6.45, 7) is 1.87. The van der Waals surface area contributed by atoms with Gasteiger partial charge in [0.25, 0.3) is 0 Å². The van der Waals surface area contributed by atoms with E-state index in [1.165, 1.54) is 0 Å². The number of aromatic hydroxyl groups is 1. The van der Waals surface area contributed by atoms with Crippen LogP contribution in [0.1, 0.15) is 11.1 Å². The van der Waals surface area contributed by atoms with Gasteiger partial charge in [0.2, 0.25) is 5.91 Å². The van der Waals surface area contributed by atoms with Gasteiger partial charge in [-0.2, -0.15) is 0 Å². The topological polar surface area (TPSA) is 75.4 Å². The number of nitrogens with one attached hydrogen (secondary N) is 1. The highest BCUT2D eigenvalue weighted by atomic mass is 35.5. The molecule has 2 aromatic rings. The highest BCUT2D eigenvalue weighted by molar-refractivity contribution is 6.34. The van der Waals surface area contributed by atoms with Gasteiger partial charge >= 0.3 is 0 Å². The number of rotatable bonds is 4. The molecular weight excluding hydrogens is 288 g/mol. The number of carbonyl (C=O) groups is 1. The minimum Gasteiger partial charge on any atom is -0.508 e. The van der Waals surface area contributed by atoms with E-state index in [0.29, 0.717) is 17.1 Å². The first-order chi connectivity index (χ1) is 9.97. The standard InChI is InChI=1S/C16H17ClN2O2/c1-10-3-2-4-13(17)15(10)19-16(21)14(18)9-11-5-7-12(20)8-6-11/h2-8,14,20H,9,18H2,1H3,(H,19,21)/t14-/m1/s1. The molecule has 0 radical (unpaired) electrons. The third kappa shape index (κ3) is 3.97. The van der Waals surface area contributed by atoms with Crippen molar-refractivity contribution in [2.45, 2.75) is 19.4 Å². The third-order valence-corrected chi connectivity index (χ3v) is 3.51. The Kier molecular flexibility index (Phi) is 4.83. The first kappa shape index (κ1) is 15.4. The highest BCUT2D eigenvalue weighted by Gasteiger charge is 2.16. The molecule has 0 saturated carbocycles. The van der Waals surface area contributed by atoms with Gasteiger partial charge in [-0.3, -0.25) is 4.79 Å². The lowest BCUT2D eigenvalue weighted by molar-refractivity contribution is -0.117. The highest BCUT2D eigenvalue weighted by Crippen LogP contribution is 2.25. The Morgan fingerprint density at radius 1 is 1.29 bits per heavy atom. The number of phenols is 1. The van der Waals surface area contributed by atoms with Crippen LogP contribution in [0.2, 0.25) is 5.02 Å². The Hall–Kier alpha value is -2.04. The normalized spacial score (nSPS) is 12.0. The zero-order valence-corrected chi connectivity index (χ0v) is 12.4. The molecule has 0 aliphatic heterocycles. The second-order valence-corrected chi connectivity index (χ2v) is 5.31. The summed E-state index contributed by atoms with van der Waals surface area (Å²) < 4.78 is 0. The molecule has 5 heteroatoms. The molecule has 0 bridgehead atoms. The summed E-state index contributed by atoms with van der Waals surface area (Å²) in [5.74, 6) is -0.109. The molecule has 0 aliphatic carbocycles. The van der Waals surface area contributed by atoms with Gasteiger partial charge in [0.15, 0.2) is 0 Å². The summed E-state index contributed by atoms with van der Waals surface area (Å²) in [6.07, 6.45) is 0.385. The van der Waals surface area contributed by atoms with Gasteiger partial charge in [0.05, 0.1) is 16.8 Å². The number of hydrogen-bond acceptors (Lipinski definition) is 3. The lowest BCUT2D eigenvalue weighted by Crippen LogP contribution is -2.37. The zero-order valence-electron chi connectivity index (χ0n) is 11.6. The van der Waals surface area contributed by atoms with E-state index in [-0.39, 0.29) is 11.7 Å². The van der Waals surface area contributed by atoms with E-state index >= 15 is 0 Å². The molecule has 4 nitrogen and oxygen atoms in total. The van der Waals surface area contributed by atoms with Crippen molar-refractivity contribution in [2.75, 3.05) is 5.32 Å².